The largest absolute Gasteiger partial charge is 0.388 e. The average Bonchev–Trinajstić information content (AvgIpc) is 2.38. The second-order valence-corrected chi connectivity index (χ2v) is 7.43. The molecule has 0 aliphatic rings. The van der Waals surface area contributed by atoms with Crippen molar-refractivity contribution in [3.8, 4) is 0 Å². The van der Waals surface area contributed by atoms with Gasteiger partial charge >= 0.3 is 0 Å². The molecule has 0 radical (unpaired) electrons. The third kappa shape index (κ3) is 3.53. The van der Waals surface area contributed by atoms with E-state index in [9.17, 15) is 8.42 Å². The molecule has 0 saturated carbocycles. The average molecular weight is 420 g/mol. The third-order valence-electron chi connectivity index (χ3n) is 2.61. The van der Waals surface area contributed by atoms with E-state index in [1.54, 1.807) is 49.5 Å². The number of nitrogens with one attached hydrogen (secondary N) is 2. The van der Waals surface area contributed by atoms with E-state index in [0.29, 0.717) is 10.2 Å². The summed E-state index contributed by atoms with van der Waals surface area (Å²) in [4.78, 5) is 0.193. The summed E-state index contributed by atoms with van der Waals surface area (Å²) in [6.45, 7) is 0. The predicted molar refractivity (Wildman–Crippen MR) is 88.6 cm³/mol. The lowest BCUT2D eigenvalue weighted by molar-refractivity contribution is 0.600. The standard InChI is InChI=1S/C13H12Br2N2O2S/c1-16-10-3-5-11(6-4-10)17-20(18,19)13-7-2-9(14)8-12(13)15/h2-8,16-17H,1H3. The van der Waals surface area contributed by atoms with Crippen LogP contribution in [0, 0.1) is 0 Å². The fourth-order valence-electron chi connectivity index (χ4n) is 1.61. The highest BCUT2D eigenvalue weighted by Gasteiger charge is 2.17. The summed E-state index contributed by atoms with van der Waals surface area (Å²) in [6, 6.07) is 11.9. The van der Waals surface area contributed by atoms with Gasteiger partial charge in [-0.15, -0.1) is 0 Å². The van der Waals surface area contributed by atoms with Gasteiger partial charge in [-0.2, -0.15) is 0 Å². The van der Waals surface area contributed by atoms with Crippen molar-refractivity contribution in [3.05, 3.63) is 51.4 Å². The zero-order valence-corrected chi connectivity index (χ0v) is 14.5. The first kappa shape index (κ1) is 15.3. The fourth-order valence-corrected chi connectivity index (χ4v) is 4.41. The number of anilines is 2. The third-order valence-corrected chi connectivity index (χ3v) is 5.46. The Labute approximate surface area is 134 Å². The van der Waals surface area contributed by atoms with Gasteiger partial charge in [-0.1, -0.05) is 15.9 Å². The van der Waals surface area contributed by atoms with Crippen molar-refractivity contribution < 1.29 is 8.42 Å². The van der Waals surface area contributed by atoms with Gasteiger partial charge in [-0.25, -0.2) is 8.42 Å². The molecule has 2 aromatic carbocycles. The van der Waals surface area contributed by atoms with Crippen LogP contribution in [0.2, 0.25) is 0 Å². The van der Waals surface area contributed by atoms with Crippen LogP contribution >= 0.6 is 31.9 Å². The molecule has 4 nitrogen and oxygen atoms in total. The summed E-state index contributed by atoms with van der Waals surface area (Å²) in [5.41, 5.74) is 1.43. The van der Waals surface area contributed by atoms with Crippen molar-refractivity contribution in [2.45, 2.75) is 4.90 Å². The van der Waals surface area contributed by atoms with Crippen LogP contribution in [-0.4, -0.2) is 15.5 Å². The van der Waals surface area contributed by atoms with E-state index in [-0.39, 0.29) is 4.90 Å². The molecule has 0 bridgehead atoms. The number of hydrogen-bond acceptors (Lipinski definition) is 3. The Balaban J connectivity index is 2.30. The van der Waals surface area contributed by atoms with Gasteiger partial charge in [0.25, 0.3) is 10.0 Å². The number of sulfonamides is 1. The molecular formula is C13H12Br2N2O2S. The zero-order valence-electron chi connectivity index (χ0n) is 10.5. The maximum Gasteiger partial charge on any atom is 0.263 e. The summed E-state index contributed by atoms with van der Waals surface area (Å²) in [6.07, 6.45) is 0. The molecule has 0 amide bonds. The Kier molecular flexibility index (Phi) is 4.72. The lowest BCUT2D eigenvalue weighted by Crippen LogP contribution is -2.13. The molecule has 106 valence electrons. The molecule has 0 saturated heterocycles. The second-order valence-electron chi connectivity index (χ2n) is 4.01. The van der Waals surface area contributed by atoms with Gasteiger partial charge in [0.2, 0.25) is 0 Å². The molecule has 0 heterocycles. The van der Waals surface area contributed by atoms with Gasteiger partial charge in [0, 0.05) is 27.4 Å². The van der Waals surface area contributed by atoms with Crippen LogP contribution in [0.4, 0.5) is 11.4 Å². The topological polar surface area (TPSA) is 58.2 Å². The van der Waals surface area contributed by atoms with Crippen molar-refractivity contribution >= 4 is 53.3 Å². The molecular weight excluding hydrogens is 408 g/mol. The maximum absolute atomic E-state index is 12.3. The van der Waals surface area contributed by atoms with Crippen LogP contribution in [-0.2, 0) is 10.0 Å². The normalized spacial score (nSPS) is 11.2. The zero-order chi connectivity index (χ0) is 14.8. The molecule has 0 fully saturated rings. The van der Waals surface area contributed by atoms with Gasteiger partial charge in [-0.3, -0.25) is 4.72 Å². The highest BCUT2D eigenvalue weighted by molar-refractivity contribution is 9.11. The van der Waals surface area contributed by atoms with Crippen molar-refractivity contribution in [1.29, 1.82) is 0 Å². The van der Waals surface area contributed by atoms with Crippen LogP contribution in [0.25, 0.3) is 0 Å². The quantitative estimate of drug-likeness (QED) is 0.785. The molecule has 2 rings (SSSR count). The number of halogens is 2. The summed E-state index contributed by atoms with van der Waals surface area (Å²) >= 11 is 6.55. The van der Waals surface area contributed by atoms with Crippen LogP contribution in [0.15, 0.2) is 56.3 Å². The SMILES string of the molecule is CNc1ccc(NS(=O)(=O)c2ccc(Br)cc2Br)cc1. The van der Waals surface area contributed by atoms with Crippen LogP contribution in [0.3, 0.4) is 0 Å². The lowest BCUT2D eigenvalue weighted by atomic mass is 10.3. The lowest BCUT2D eigenvalue weighted by Gasteiger charge is -2.10. The van der Waals surface area contributed by atoms with Crippen LogP contribution in [0.5, 0.6) is 0 Å². The molecule has 0 unspecified atom stereocenters. The Hall–Kier alpha value is -1.05. The van der Waals surface area contributed by atoms with Crippen molar-refractivity contribution in [2.75, 3.05) is 17.1 Å². The van der Waals surface area contributed by atoms with Crippen molar-refractivity contribution in [3.63, 3.8) is 0 Å². The predicted octanol–water partition coefficient (Wildman–Crippen LogP) is 4.05. The molecule has 0 aliphatic heterocycles. The Bertz CT molecular complexity index is 716. The highest BCUT2D eigenvalue weighted by atomic mass is 79.9. The summed E-state index contributed by atoms with van der Waals surface area (Å²) < 4.78 is 28.5. The number of hydrogen-bond donors (Lipinski definition) is 2. The van der Waals surface area contributed by atoms with E-state index in [1.807, 2.05) is 0 Å². The van der Waals surface area contributed by atoms with E-state index in [4.69, 9.17) is 0 Å². The van der Waals surface area contributed by atoms with Gasteiger partial charge in [-0.05, 0) is 58.4 Å². The van der Waals surface area contributed by atoms with Crippen molar-refractivity contribution in [1.82, 2.24) is 0 Å². The van der Waals surface area contributed by atoms with Gasteiger partial charge in [0.1, 0.15) is 4.90 Å². The molecule has 0 spiro atoms. The Morgan fingerprint density at radius 3 is 2.10 bits per heavy atom. The molecule has 2 N–H and O–H groups in total. The maximum atomic E-state index is 12.3. The van der Waals surface area contributed by atoms with E-state index in [0.717, 1.165) is 10.2 Å². The van der Waals surface area contributed by atoms with Gasteiger partial charge in [0.15, 0.2) is 0 Å². The first-order valence-corrected chi connectivity index (χ1v) is 8.75. The monoisotopic (exact) mass is 418 g/mol. The smallest absolute Gasteiger partial charge is 0.263 e. The Morgan fingerprint density at radius 1 is 0.950 bits per heavy atom. The van der Waals surface area contributed by atoms with E-state index in [2.05, 4.69) is 41.9 Å². The van der Waals surface area contributed by atoms with Gasteiger partial charge in [0.05, 0.1) is 0 Å². The second kappa shape index (κ2) is 6.15. The minimum absolute atomic E-state index is 0.193. The summed E-state index contributed by atoms with van der Waals surface area (Å²) in [5.74, 6) is 0. The van der Waals surface area contributed by atoms with Gasteiger partial charge < -0.3 is 5.32 Å². The Morgan fingerprint density at radius 2 is 1.55 bits per heavy atom. The molecule has 7 heteroatoms. The molecule has 0 aliphatic carbocycles. The number of benzene rings is 2. The van der Waals surface area contributed by atoms with E-state index >= 15 is 0 Å². The fraction of sp³-hybridized carbons (Fsp3) is 0.0769. The first-order chi connectivity index (χ1) is 9.42. The number of rotatable bonds is 4. The van der Waals surface area contributed by atoms with Crippen LogP contribution in [0.1, 0.15) is 0 Å². The van der Waals surface area contributed by atoms with Crippen LogP contribution < -0.4 is 10.0 Å². The molecule has 20 heavy (non-hydrogen) atoms. The summed E-state index contributed by atoms with van der Waals surface area (Å²) in [7, 11) is -1.81. The minimum Gasteiger partial charge on any atom is -0.388 e. The summed E-state index contributed by atoms with van der Waals surface area (Å²) in [5, 5.41) is 2.97. The molecule has 0 atom stereocenters. The molecule has 2 aromatic rings. The minimum atomic E-state index is -3.62. The van der Waals surface area contributed by atoms with E-state index < -0.39 is 10.0 Å². The molecule has 0 aromatic heterocycles. The van der Waals surface area contributed by atoms with Crippen molar-refractivity contribution in [2.24, 2.45) is 0 Å². The first-order valence-electron chi connectivity index (χ1n) is 5.68. The highest BCUT2D eigenvalue weighted by Crippen LogP contribution is 2.27. The van der Waals surface area contributed by atoms with E-state index in [1.165, 1.54) is 0 Å².